The summed E-state index contributed by atoms with van der Waals surface area (Å²) in [6.45, 7) is 17.5. The lowest BCUT2D eigenvalue weighted by Crippen LogP contribution is -2.44. The molecule has 55 heavy (non-hydrogen) atoms. The van der Waals surface area contributed by atoms with Gasteiger partial charge in [0, 0.05) is 24.5 Å². The van der Waals surface area contributed by atoms with Gasteiger partial charge in [-0.1, -0.05) is 0 Å². The fourth-order valence-corrected chi connectivity index (χ4v) is 3.79. The molecule has 0 aliphatic heterocycles. The van der Waals surface area contributed by atoms with E-state index in [0.29, 0.717) is 139 Å². The van der Waals surface area contributed by atoms with Gasteiger partial charge in [-0.15, -0.1) is 0 Å². The van der Waals surface area contributed by atoms with Gasteiger partial charge in [-0.2, -0.15) is 0 Å². The highest BCUT2D eigenvalue weighted by molar-refractivity contribution is 5.82. The SMILES string of the molecule is CCOCCOCCOCCOCCOCCOCCOCCOCCOCCOCCOCCNC(=O)CC[C@H](NC(=O)OC(C)(C)C)C(=O)ON=[N+]=[N-]. The van der Waals surface area contributed by atoms with Crippen molar-refractivity contribution in [1.29, 1.82) is 0 Å². The number of hydrogen-bond donors (Lipinski definition) is 2. The Balaban J connectivity index is 3.44. The van der Waals surface area contributed by atoms with Crippen molar-refractivity contribution in [3.63, 3.8) is 0 Å². The molecule has 0 aromatic carbocycles. The number of alkyl carbamates (subject to hydrolysis) is 1. The van der Waals surface area contributed by atoms with Gasteiger partial charge in [0.1, 0.15) is 16.9 Å². The zero-order valence-corrected chi connectivity index (χ0v) is 33.1. The molecule has 0 saturated carbocycles. The number of carbonyl (C=O) groups is 3. The van der Waals surface area contributed by atoms with Gasteiger partial charge in [0.15, 0.2) is 0 Å². The van der Waals surface area contributed by atoms with Crippen LogP contribution in [0.5, 0.6) is 0 Å². The molecule has 0 fully saturated rings. The molecule has 0 radical (unpaired) electrons. The molecular formula is C34H65N5O16. The van der Waals surface area contributed by atoms with Crippen LogP contribution in [-0.4, -0.2) is 182 Å². The molecule has 0 saturated heterocycles. The molecule has 0 aliphatic carbocycles. The summed E-state index contributed by atoms with van der Waals surface area (Å²) in [5.74, 6) is -1.41. The summed E-state index contributed by atoms with van der Waals surface area (Å²) in [5.41, 5.74) is 7.54. The van der Waals surface area contributed by atoms with Gasteiger partial charge >= 0.3 is 12.1 Å². The molecule has 322 valence electrons. The maximum atomic E-state index is 12.2. The quantitative estimate of drug-likeness (QED) is 0.0295. The molecule has 21 heteroatoms. The van der Waals surface area contributed by atoms with Gasteiger partial charge in [0.2, 0.25) is 5.91 Å². The van der Waals surface area contributed by atoms with E-state index in [1.54, 1.807) is 20.8 Å². The molecule has 1 atom stereocenters. The van der Waals surface area contributed by atoms with Crippen LogP contribution in [0, 0.1) is 0 Å². The molecule has 0 aromatic rings. The summed E-state index contributed by atoms with van der Waals surface area (Å²) >= 11 is 0. The van der Waals surface area contributed by atoms with E-state index in [0.717, 1.165) is 0 Å². The fourth-order valence-electron chi connectivity index (χ4n) is 3.79. The van der Waals surface area contributed by atoms with Gasteiger partial charge in [0.25, 0.3) is 0 Å². The first-order valence-corrected chi connectivity index (χ1v) is 18.6. The third-order valence-corrected chi connectivity index (χ3v) is 6.30. The maximum Gasteiger partial charge on any atom is 0.408 e. The van der Waals surface area contributed by atoms with Crippen LogP contribution in [0.25, 0.3) is 10.4 Å². The van der Waals surface area contributed by atoms with Crippen LogP contribution in [0.2, 0.25) is 0 Å². The van der Waals surface area contributed by atoms with Gasteiger partial charge in [-0.3, -0.25) is 4.79 Å². The summed E-state index contributed by atoms with van der Waals surface area (Å²) in [5, 5.41) is 7.69. The van der Waals surface area contributed by atoms with Crippen LogP contribution in [0.3, 0.4) is 0 Å². The lowest BCUT2D eigenvalue weighted by Gasteiger charge is -2.22. The highest BCUT2D eigenvalue weighted by Gasteiger charge is 2.26. The molecule has 0 aromatic heterocycles. The first-order valence-electron chi connectivity index (χ1n) is 18.6. The summed E-state index contributed by atoms with van der Waals surface area (Å²) in [7, 11) is 0. The molecule has 0 unspecified atom stereocenters. The van der Waals surface area contributed by atoms with Gasteiger partial charge in [0.05, 0.1) is 139 Å². The Bertz CT molecular complexity index is 972. The minimum atomic E-state index is -1.26. The van der Waals surface area contributed by atoms with Crippen molar-refractivity contribution >= 4 is 18.0 Å². The summed E-state index contributed by atoms with van der Waals surface area (Å²) in [6.07, 6.45) is -1.11. The van der Waals surface area contributed by atoms with Gasteiger partial charge < -0.3 is 72.3 Å². The molecular weight excluding hydrogens is 734 g/mol. The second kappa shape index (κ2) is 39.3. The highest BCUT2D eigenvalue weighted by atomic mass is 16.7. The molecule has 0 bridgehead atoms. The van der Waals surface area contributed by atoms with Crippen LogP contribution in [0.4, 0.5) is 4.79 Å². The molecule has 2 N–H and O–H groups in total. The van der Waals surface area contributed by atoms with E-state index in [2.05, 4.69) is 25.7 Å². The standard InChI is InChI=1S/C34H65N5O16/c1-5-43-10-11-45-14-15-47-18-19-49-22-23-51-26-27-53-29-28-52-25-24-50-21-20-48-17-16-46-13-12-44-9-8-36-31(40)7-6-30(32(41)55-39-38-35)37-33(42)54-34(2,3)4/h30H,5-29H2,1-4H3,(H,36,40)(H,37,42)/t30-/m0/s1. The van der Waals surface area contributed by atoms with E-state index in [1.807, 2.05) is 6.92 Å². The Morgan fingerprint density at radius 3 is 1.25 bits per heavy atom. The minimum Gasteiger partial charge on any atom is -0.444 e. The van der Waals surface area contributed by atoms with Gasteiger partial charge in [-0.25, -0.2) is 9.59 Å². The molecule has 0 aliphatic rings. The third-order valence-electron chi connectivity index (χ3n) is 6.30. The van der Waals surface area contributed by atoms with Crippen molar-refractivity contribution in [2.75, 3.05) is 152 Å². The van der Waals surface area contributed by atoms with Crippen LogP contribution in [0.1, 0.15) is 40.5 Å². The lowest BCUT2D eigenvalue weighted by atomic mass is 10.1. The summed E-state index contributed by atoms with van der Waals surface area (Å²) < 4.78 is 64.7. The Morgan fingerprint density at radius 1 is 0.582 bits per heavy atom. The van der Waals surface area contributed by atoms with Crippen LogP contribution < -0.4 is 10.6 Å². The van der Waals surface area contributed by atoms with E-state index >= 15 is 0 Å². The van der Waals surface area contributed by atoms with E-state index in [9.17, 15) is 14.4 Å². The minimum absolute atomic E-state index is 0.111. The van der Waals surface area contributed by atoms with Crippen molar-refractivity contribution in [3.8, 4) is 0 Å². The second-order valence-corrected chi connectivity index (χ2v) is 12.0. The van der Waals surface area contributed by atoms with Crippen molar-refractivity contribution in [2.24, 2.45) is 5.28 Å². The smallest absolute Gasteiger partial charge is 0.408 e. The van der Waals surface area contributed by atoms with Crippen LogP contribution >= 0.6 is 0 Å². The zero-order chi connectivity index (χ0) is 40.5. The van der Waals surface area contributed by atoms with E-state index in [1.165, 1.54) is 0 Å². The van der Waals surface area contributed by atoms with E-state index in [4.69, 9.17) is 62.4 Å². The molecule has 21 nitrogen and oxygen atoms in total. The van der Waals surface area contributed by atoms with Crippen molar-refractivity contribution < 1.29 is 76.1 Å². The molecule has 0 heterocycles. The lowest BCUT2D eigenvalue weighted by molar-refractivity contribution is -0.146. The number of nitrogens with one attached hydrogen (secondary N) is 2. The fraction of sp³-hybridized carbons (Fsp3) is 0.912. The van der Waals surface area contributed by atoms with E-state index < -0.39 is 23.7 Å². The molecule has 0 rings (SSSR count). The predicted molar refractivity (Wildman–Crippen MR) is 195 cm³/mol. The largest absolute Gasteiger partial charge is 0.444 e. The second-order valence-electron chi connectivity index (χ2n) is 12.0. The molecule has 0 spiro atoms. The average molecular weight is 800 g/mol. The zero-order valence-electron chi connectivity index (χ0n) is 33.1. The topological polar surface area (TPSA) is 244 Å². The normalized spacial score (nSPS) is 11.9. The van der Waals surface area contributed by atoms with Crippen LogP contribution in [0.15, 0.2) is 5.28 Å². The monoisotopic (exact) mass is 799 g/mol. The first kappa shape index (κ1) is 52.1. The predicted octanol–water partition coefficient (Wildman–Crippen LogP) is 1.75. The van der Waals surface area contributed by atoms with Crippen molar-refractivity contribution in [1.82, 2.24) is 10.6 Å². The number of hydrogen-bond acceptors (Lipinski definition) is 17. The van der Waals surface area contributed by atoms with Crippen molar-refractivity contribution in [2.45, 2.75) is 52.2 Å². The average Bonchev–Trinajstić information content (AvgIpc) is 3.14. The number of amides is 2. The summed E-state index contributed by atoms with van der Waals surface area (Å²) in [6, 6.07) is -1.26. The first-order chi connectivity index (χ1) is 26.7. The van der Waals surface area contributed by atoms with Crippen molar-refractivity contribution in [3.05, 3.63) is 10.4 Å². The van der Waals surface area contributed by atoms with Gasteiger partial charge in [-0.05, 0) is 39.6 Å². The highest BCUT2D eigenvalue weighted by Crippen LogP contribution is 2.08. The summed E-state index contributed by atoms with van der Waals surface area (Å²) in [4.78, 5) is 42.9. The number of rotatable bonds is 40. The third kappa shape index (κ3) is 40.6. The van der Waals surface area contributed by atoms with Crippen LogP contribution in [-0.2, 0) is 71.3 Å². The Hall–Kier alpha value is -2.92. The van der Waals surface area contributed by atoms with E-state index in [-0.39, 0.29) is 31.9 Å². The number of carbonyl (C=O) groups excluding carboxylic acids is 3. The Labute approximate surface area is 324 Å². The molecule has 2 amide bonds. The maximum absolute atomic E-state index is 12.2. The Kier molecular flexibility index (Phi) is 37.2. The Morgan fingerprint density at radius 2 is 0.927 bits per heavy atom. The number of azide groups is 1. The number of nitrogens with zero attached hydrogens (tertiary/aromatic N) is 3. The number of ether oxygens (including phenoxy) is 12.